The highest BCUT2D eigenvalue weighted by molar-refractivity contribution is 6.31. The minimum Gasteiger partial charge on any atom is -0.355 e. The van der Waals surface area contributed by atoms with Gasteiger partial charge in [-0.05, 0) is 49.7 Å². The van der Waals surface area contributed by atoms with Gasteiger partial charge in [-0.1, -0.05) is 55.2 Å². The van der Waals surface area contributed by atoms with Gasteiger partial charge in [0.05, 0.1) is 0 Å². The zero-order valence-electron chi connectivity index (χ0n) is 16.3. The first-order valence-corrected chi connectivity index (χ1v) is 10.7. The van der Waals surface area contributed by atoms with Crippen molar-refractivity contribution in [1.82, 2.24) is 16.0 Å². The fourth-order valence-electron chi connectivity index (χ4n) is 3.84. The van der Waals surface area contributed by atoms with E-state index in [-0.39, 0.29) is 29.7 Å². The lowest BCUT2D eigenvalue weighted by atomic mass is 9.88. The predicted octanol–water partition coefficient (Wildman–Crippen LogP) is 4.14. The van der Waals surface area contributed by atoms with Gasteiger partial charge in [-0.3, -0.25) is 4.79 Å². The number of rotatable bonds is 6. The first-order valence-electron chi connectivity index (χ1n) is 10.3. The Bertz CT molecular complexity index is 690. The maximum absolute atomic E-state index is 12.2. The molecule has 1 saturated carbocycles. The standard InChI is InChI=1S/C22H30ClN3O2/c23-19-10-6-16(7-11-19)15-25-22(28)26-20-12-8-17(9-13-20)14-24-21(27)18-4-2-1-3-5-18/h6,8,10-13,16-18H,1-5,7,9,14-15H2,(H,24,27)(H2,25,26,28)/t16-,17-/m0/s1. The molecule has 0 spiro atoms. The average Bonchev–Trinajstić information content (AvgIpc) is 2.73. The third-order valence-electron chi connectivity index (χ3n) is 5.63. The molecule has 0 aromatic rings. The van der Waals surface area contributed by atoms with Crippen molar-refractivity contribution in [2.24, 2.45) is 17.8 Å². The molecule has 0 radical (unpaired) electrons. The maximum atomic E-state index is 12.2. The molecule has 152 valence electrons. The molecule has 3 N–H and O–H groups in total. The van der Waals surface area contributed by atoms with E-state index in [1.165, 1.54) is 19.3 Å². The Balaban J connectivity index is 1.32. The number of carbonyl (C=O) groups excluding carboxylic acids is 2. The van der Waals surface area contributed by atoms with Gasteiger partial charge < -0.3 is 16.0 Å². The lowest BCUT2D eigenvalue weighted by Gasteiger charge is -2.23. The monoisotopic (exact) mass is 403 g/mol. The molecule has 3 rings (SSSR count). The second kappa shape index (κ2) is 10.5. The Morgan fingerprint density at radius 3 is 2.25 bits per heavy atom. The van der Waals surface area contributed by atoms with Gasteiger partial charge in [-0.25, -0.2) is 4.79 Å². The molecule has 0 bridgehead atoms. The average molecular weight is 404 g/mol. The van der Waals surface area contributed by atoms with E-state index in [2.05, 4.69) is 22.0 Å². The van der Waals surface area contributed by atoms with E-state index >= 15 is 0 Å². The number of urea groups is 1. The molecule has 5 nitrogen and oxygen atoms in total. The first kappa shape index (κ1) is 20.7. The summed E-state index contributed by atoms with van der Waals surface area (Å²) in [5.41, 5.74) is 0.800. The minimum atomic E-state index is -0.200. The summed E-state index contributed by atoms with van der Waals surface area (Å²) < 4.78 is 0. The van der Waals surface area contributed by atoms with Gasteiger partial charge in [-0.2, -0.15) is 0 Å². The highest BCUT2D eigenvalue weighted by Gasteiger charge is 2.21. The summed E-state index contributed by atoms with van der Waals surface area (Å²) >= 11 is 5.90. The number of hydrogen-bond donors (Lipinski definition) is 3. The normalized spacial score (nSPS) is 24.9. The van der Waals surface area contributed by atoms with Gasteiger partial charge in [0.25, 0.3) is 0 Å². The van der Waals surface area contributed by atoms with Crippen LogP contribution in [0.25, 0.3) is 0 Å². The molecule has 1 fully saturated rings. The fourth-order valence-corrected chi connectivity index (χ4v) is 4.00. The van der Waals surface area contributed by atoms with Crippen molar-refractivity contribution in [3.63, 3.8) is 0 Å². The summed E-state index contributed by atoms with van der Waals surface area (Å²) in [6.45, 7) is 1.24. The van der Waals surface area contributed by atoms with Crippen LogP contribution in [0.15, 0.2) is 47.2 Å². The summed E-state index contributed by atoms with van der Waals surface area (Å²) in [5.74, 6) is 0.961. The molecule has 0 aliphatic heterocycles. The van der Waals surface area contributed by atoms with Crippen LogP contribution >= 0.6 is 11.6 Å². The Labute approximate surface area is 172 Å². The molecule has 3 aliphatic rings. The van der Waals surface area contributed by atoms with Crippen LogP contribution < -0.4 is 16.0 Å². The van der Waals surface area contributed by atoms with Crippen molar-refractivity contribution in [3.8, 4) is 0 Å². The highest BCUT2D eigenvalue weighted by atomic mass is 35.5. The molecule has 0 aromatic heterocycles. The molecule has 6 heteroatoms. The van der Waals surface area contributed by atoms with E-state index in [4.69, 9.17) is 11.6 Å². The Morgan fingerprint density at radius 1 is 0.929 bits per heavy atom. The van der Waals surface area contributed by atoms with Crippen LogP contribution in [-0.2, 0) is 4.79 Å². The van der Waals surface area contributed by atoms with Crippen LogP contribution in [0.1, 0.15) is 44.9 Å². The molecule has 0 saturated heterocycles. The molecule has 28 heavy (non-hydrogen) atoms. The van der Waals surface area contributed by atoms with E-state index in [9.17, 15) is 9.59 Å². The van der Waals surface area contributed by atoms with E-state index in [0.29, 0.717) is 13.1 Å². The van der Waals surface area contributed by atoms with Crippen molar-refractivity contribution in [2.45, 2.75) is 44.9 Å². The van der Waals surface area contributed by atoms with Gasteiger partial charge in [0.2, 0.25) is 5.91 Å². The van der Waals surface area contributed by atoms with Crippen LogP contribution in [0.2, 0.25) is 0 Å². The molecule has 3 amide bonds. The summed E-state index contributed by atoms with van der Waals surface area (Å²) in [5, 5.41) is 9.62. The van der Waals surface area contributed by atoms with Gasteiger partial charge in [0.15, 0.2) is 0 Å². The van der Waals surface area contributed by atoms with E-state index in [1.54, 1.807) is 0 Å². The summed E-state index contributed by atoms with van der Waals surface area (Å²) in [7, 11) is 0. The number of allylic oxidation sites excluding steroid dienone is 5. The summed E-state index contributed by atoms with van der Waals surface area (Å²) in [4.78, 5) is 24.3. The number of nitrogens with one attached hydrogen (secondary N) is 3. The third kappa shape index (κ3) is 6.55. The van der Waals surface area contributed by atoms with Crippen LogP contribution in [0, 0.1) is 17.8 Å². The smallest absolute Gasteiger partial charge is 0.319 e. The van der Waals surface area contributed by atoms with Gasteiger partial charge in [0, 0.05) is 29.7 Å². The molecular weight excluding hydrogens is 374 g/mol. The molecule has 0 heterocycles. The molecule has 2 atom stereocenters. The van der Waals surface area contributed by atoms with Crippen molar-refractivity contribution < 1.29 is 9.59 Å². The highest BCUT2D eigenvalue weighted by Crippen LogP contribution is 2.24. The van der Waals surface area contributed by atoms with Crippen molar-refractivity contribution in [1.29, 1.82) is 0 Å². The Kier molecular flexibility index (Phi) is 7.78. The van der Waals surface area contributed by atoms with Gasteiger partial charge in [0.1, 0.15) is 0 Å². The van der Waals surface area contributed by atoms with E-state index < -0.39 is 0 Å². The predicted molar refractivity (Wildman–Crippen MR) is 113 cm³/mol. The Morgan fingerprint density at radius 2 is 1.61 bits per heavy atom. The summed E-state index contributed by atoms with van der Waals surface area (Å²) in [6, 6.07) is -0.200. The number of halogens is 1. The largest absolute Gasteiger partial charge is 0.355 e. The zero-order chi connectivity index (χ0) is 19.8. The molecular formula is C22H30ClN3O2. The van der Waals surface area contributed by atoms with Crippen LogP contribution in [-0.4, -0.2) is 25.0 Å². The molecule has 3 aliphatic carbocycles. The van der Waals surface area contributed by atoms with Crippen molar-refractivity contribution in [2.75, 3.05) is 13.1 Å². The maximum Gasteiger partial charge on any atom is 0.319 e. The topological polar surface area (TPSA) is 70.2 Å². The fraction of sp³-hybridized carbons (Fsp3) is 0.545. The van der Waals surface area contributed by atoms with E-state index in [1.807, 2.05) is 30.4 Å². The zero-order valence-corrected chi connectivity index (χ0v) is 17.0. The Hall–Kier alpha value is -2.01. The number of hydrogen-bond acceptors (Lipinski definition) is 2. The van der Waals surface area contributed by atoms with Crippen LogP contribution in [0.5, 0.6) is 0 Å². The number of amides is 3. The first-order chi connectivity index (χ1) is 13.6. The van der Waals surface area contributed by atoms with Crippen molar-refractivity contribution in [3.05, 3.63) is 47.2 Å². The number of carbonyl (C=O) groups is 2. The molecule has 0 unspecified atom stereocenters. The van der Waals surface area contributed by atoms with Crippen molar-refractivity contribution >= 4 is 23.5 Å². The van der Waals surface area contributed by atoms with Gasteiger partial charge >= 0.3 is 6.03 Å². The van der Waals surface area contributed by atoms with Gasteiger partial charge in [-0.15, -0.1) is 0 Å². The lowest BCUT2D eigenvalue weighted by Crippen LogP contribution is -2.38. The van der Waals surface area contributed by atoms with E-state index in [0.717, 1.165) is 36.4 Å². The SMILES string of the molecule is O=C(NC[C@H]1C=CC(Cl)=CC1)NC1=CC[C@@H](CNC(=O)C2CCCCC2)C=C1. The quantitative estimate of drug-likeness (QED) is 0.623. The minimum absolute atomic E-state index is 0.198. The lowest BCUT2D eigenvalue weighted by molar-refractivity contribution is -0.126. The second-order valence-electron chi connectivity index (χ2n) is 7.87. The third-order valence-corrected chi connectivity index (χ3v) is 5.91. The second-order valence-corrected chi connectivity index (χ2v) is 8.31. The van der Waals surface area contributed by atoms with Crippen LogP contribution in [0.3, 0.4) is 0 Å². The van der Waals surface area contributed by atoms with Crippen LogP contribution in [0.4, 0.5) is 4.79 Å². The summed E-state index contributed by atoms with van der Waals surface area (Å²) in [6.07, 6.45) is 19.1. The molecule has 0 aromatic carbocycles.